The van der Waals surface area contributed by atoms with Crippen molar-refractivity contribution >= 4 is 5.91 Å². The quantitative estimate of drug-likeness (QED) is 0.718. The summed E-state index contributed by atoms with van der Waals surface area (Å²) in [6, 6.07) is 0. The van der Waals surface area contributed by atoms with Gasteiger partial charge in [-0.25, -0.2) is 0 Å². The largest absolute Gasteiger partial charge is 0.368 e. The molecule has 0 aromatic rings. The predicted molar refractivity (Wildman–Crippen MR) is 84.7 cm³/mol. The summed E-state index contributed by atoms with van der Waals surface area (Å²) in [7, 11) is 0. The van der Waals surface area contributed by atoms with Gasteiger partial charge in [0.2, 0.25) is 5.91 Å². The van der Waals surface area contributed by atoms with Crippen LogP contribution in [0.15, 0.2) is 0 Å². The number of nitrogens with two attached hydrogens (primary N) is 1. The molecule has 1 heterocycles. The molecule has 1 saturated heterocycles. The maximum atomic E-state index is 11.7. The van der Waals surface area contributed by atoms with E-state index in [0.29, 0.717) is 0 Å². The number of hydrogen-bond donors (Lipinski definition) is 2. The number of rotatable bonds is 8. The summed E-state index contributed by atoms with van der Waals surface area (Å²) >= 11 is 0. The second kappa shape index (κ2) is 9.35. The molecule has 0 bridgehead atoms. The van der Waals surface area contributed by atoms with Gasteiger partial charge in [0.25, 0.3) is 0 Å². The molecule has 1 rings (SSSR count). The van der Waals surface area contributed by atoms with Crippen LogP contribution < -0.4 is 11.1 Å². The van der Waals surface area contributed by atoms with Crippen molar-refractivity contribution in [2.75, 3.05) is 26.2 Å². The van der Waals surface area contributed by atoms with E-state index >= 15 is 0 Å². The SMILES string of the molecule is CCCNC(C)(CCCN1CCCCCCC1)C(N)=O. The highest BCUT2D eigenvalue weighted by molar-refractivity contribution is 5.84. The smallest absolute Gasteiger partial charge is 0.237 e. The Bertz CT molecular complexity index is 275. The van der Waals surface area contributed by atoms with E-state index in [9.17, 15) is 4.79 Å². The molecule has 0 aromatic carbocycles. The molecule has 118 valence electrons. The summed E-state index contributed by atoms with van der Waals surface area (Å²) < 4.78 is 0. The van der Waals surface area contributed by atoms with Gasteiger partial charge in [-0.3, -0.25) is 4.79 Å². The highest BCUT2D eigenvalue weighted by atomic mass is 16.1. The van der Waals surface area contributed by atoms with E-state index in [2.05, 4.69) is 17.1 Å². The van der Waals surface area contributed by atoms with Crippen LogP contribution in [0.5, 0.6) is 0 Å². The van der Waals surface area contributed by atoms with E-state index in [1.165, 1.54) is 45.2 Å². The Morgan fingerprint density at radius 2 is 1.80 bits per heavy atom. The van der Waals surface area contributed by atoms with Crippen molar-refractivity contribution in [1.82, 2.24) is 10.2 Å². The highest BCUT2D eigenvalue weighted by Gasteiger charge is 2.29. The first-order chi connectivity index (χ1) is 9.58. The van der Waals surface area contributed by atoms with Crippen LogP contribution in [0.2, 0.25) is 0 Å². The Labute approximate surface area is 124 Å². The molecule has 0 saturated carbocycles. The normalized spacial score (nSPS) is 20.9. The van der Waals surface area contributed by atoms with Gasteiger partial charge in [-0.05, 0) is 65.2 Å². The summed E-state index contributed by atoms with van der Waals surface area (Å²) in [5.41, 5.74) is 5.02. The van der Waals surface area contributed by atoms with Gasteiger partial charge in [-0.2, -0.15) is 0 Å². The molecule has 0 radical (unpaired) electrons. The first-order valence-electron chi connectivity index (χ1n) is 8.36. The molecule has 20 heavy (non-hydrogen) atoms. The molecule has 4 heteroatoms. The number of amides is 1. The van der Waals surface area contributed by atoms with Gasteiger partial charge in [-0.15, -0.1) is 0 Å². The maximum absolute atomic E-state index is 11.7. The van der Waals surface area contributed by atoms with E-state index in [4.69, 9.17) is 5.73 Å². The van der Waals surface area contributed by atoms with Crippen LogP contribution in [-0.2, 0) is 4.79 Å². The van der Waals surface area contributed by atoms with Gasteiger partial charge in [0.05, 0.1) is 5.54 Å². The lowest BCUT2D eigenvalue weighted by Gasteiger charge is -2.30. The van der Waals surface area contributed by atoms with Crippen molar-refractivity contribution in [2.24, 2.45) is 5.73 Å². The van der Waals surface area contributed by atoms with Gasteiger partial charge >= 0.3 is 0 Å². The molecule has 1 fully saturated rings. The molecule has 0 aromatic heterocycles. The molecule has 1 aliphatic rings. The second-order valence-electron chi connectivity index (χ2n) is 6.34. The molecule has 1 aliphatic heterocycles. The van der Waals surface area contributed by atoms with E-state index < -0.39 is 5.54 Å². The van der Waals surface area contributed by atoms with E-state index in [0.717, 1.165) is 32.4 Å². The second-order valence-corrected chi connectivity index (χ2v) is 6.34. The summed E-state index contributed by atoms with van der Waals surface area (Å²) in [6.07, 6.45) is 9.67. The van der Waals surface area contributed by atoms with Gasteiger partial charge in [0, 0.05) is 0 Å². The van der Waals surface area contributed by atoms with Crippen LogP contribution in [0.1, 0.15) is 65.2 Å². The Hall–Kier alpha value is -0.610. The zero-order valence-corrected chi connectivity index (χ0v) is 13.4. The lowest BCUT2D eigenvalue weighted by atomic mass is 9.94. The number of carbonyl (C=O) groups excluding carboxylic acids is 1. The number of carbonyl (C=O) groups is 1. The fourth-order valence-corrected chi connectivity index (χ4v) is 2.89. The van der Waals surface area contributed by atoms with Crippen molar-refractivity contribution in [2.45, 2.75) is 70.8 Å². The Morgan fingerprint density at radius 1 is 1.20 bits per heavy atom. The third-order valence-electron chi connectivity index (χ3n) is 4.41. The first-order valence-corrected chi connectivity index (χ1v) is 8.36. The predicted octanol–water partition coefficient (Wildman–Crippen LogP) is 2.28. The minimum atomic E-state index is -0.543. The monoisotopic (exact) mass is 283 g/mol. The lowest BCUT2D eigenvalue weighted by Crippen LogP contribution is -2.53. The molecular weight excluding hydrogens is 250 g/mol. The Balaban J connectivity index is 2.33. The van der Waals surface area contributed by atoms with Gasteiger partial charge in [0.1, 0.15) is 0 Å². The van der Waals surface area contributed by atoms with E-state index in [1.807, 2.05) is 6.92 Å². The van der Waals surface area contributed by atoms with Crippen molar-refractivity contribution < 1.29 is 4.79 Å². The van der Waals surface area contributed by atoms with E-state index in [-0.39, 0.29) is 5.91 Å². The van der Waals surface area contributed by atoms with Crippen LogP contribution in [0.4, 0.5) is 0 Å². The number of hydrogen-bond acceptors (Lipinski definition) is 3. The maximum Gasteiger partial charge on any atom is 0.237 e. The molecule has 4 nitrogen and oxygen atoms in total. The van der Waals surface area contributed by atoms with Crippen molar-refractivity contribution in [3.8, 4) is 0 Å². The van der Waals surface area contributed by atoms with Crippen LogP contribution in [0, 0.1) is 0 Å². The minimum absolute atomic E-state index is 0.224. The van der Waals surface area contributed by atoms with Crippen LogP contribution in [0.3, 0.4) is 0 Å². The molecule has 1 unspecified atom stereocenters. The molecular formula is C16H33N3O. The molecule has 0 spiro atoms. The number of likely N-dealkylation sites (tertiary alicyclic amines) is 1. The van der Waals surface area contributed by atoms with Crippen molar-refractivity contribution in [3.05, 3.63) is 0 Å². The van der Waals surface area contributed by atoms with Crippen LogP contribution in [-0.4, -0.2) is 42.5 Å². The average Bonchev–Trinajstić information content (AvgIpc) is 2.38. The number of nitrogens with one attached hydrogen (secondary N) is 1. The summed E-state index contributed by atoms with van der Waals surface area (Å²) in [5, 5.41) is 3.31. The standard InChI is InChI=1S/C16H33N3O/c1-3-11-18-16(2,15(17)20)10-9-14-19-12-7-5-4-6-8-13-19/h18H,3-14H2,1-2H3,(H2,17,20). The third kappa shape index (κ3) is 6.23. The average molecular weight is 283 g/mol. The van der Waals surface area contributed by atoms with Crippen molar-refractivity contribution in [3.63, 3.8) is 0 Å². The summed E-state index contributed by atoms with van der Waals surface area (Å²) in [4.78, 5) is 14.2. The third-order valence-corrected chi connectivity index (χ3v) is 4.41. The fraction of sp³-hybridized carbons (Fsp3) is 0.938. The van der Waals surface area contributed by atoms with Crippen LogP contribution in [0.25, 0.3) is 0 Å². The van der Waals surface area contributed by atoms with E-state index in [1.54, 1.807) is 0 Å². The Morgan fingerprint density at radius 3 is 2.35 bits per heavy atom. The lowest BCUT2D eigenvalue weighted by molar-refractivity contribution is -0.124. The molecule has 3 N–H and O–H groups in total. The minimum Gasteiger partial charge on any atom is -0.368 e. The zero-order valence-electron chi connectivity index (χ0n) is 13.4. The van der Waals surface area contributed by atoms with Crippen LogP contribution >= 0.6 is 0 Å². The molecule has 0 aliphatic carbocycles. The van der Waals surface area contributed by atoms with Gasteiger partial charge < -0.3 is 16.0 Å². The first kappa shape index (κ1) is 17.4. The topological polar surface area (TPSA) is 58.4 Å². The number of primary amides is 1. The zero-order chi connectivity index (χ0) is 14.8. The fourth-order valence-electron chi connectivity index (χ4n) is 2.89. The summed E-state index contributed by atoms with van der Waals surface area (Å²) in [6.45, 7) is 8.43. The highest BCUT2D eigenvalue weighted by Crippen LogP contribution is 2.15. The number of nitrogens with zero attached hydrogens (tertiary/aromatic N) is 1. The Kier molecular flexibility index (Phi) is 8.15. The van der Waals surface area contributed by atoms with Gasteiger partial charge in [-0.1, -0.05) is 26.2 Å². The molecule has 1 atom stereocenters. The summed E-state index contributed by atoms with van der Waals surface area (Å²) in [5.74, 6) is -0.224. The van der Waals surface area contributed by atoms with Crippen molar-refractivity contribution in [1.29, 1.82) is 0 Å². The molecule has 1 amide bonds. The van der Waals surface area contributed by atoms with Gasteiger partial charge in [0.15, 0.2) is 0 Å².